The van der Waals surface area contributed by atoms with Crippen molar-refractivity contribution in [1.29, 1.82) is 0 Å². The summed E-state index contributed by atoms with van der Waals surface area (Å²) >= 11 is 1.38. The third-order valence-electron chi connectivity index (χ3n) is 3.37. The second-order valence-corrected chi connectivity index (χ2v) is 5.95. The summed E-state index contributed by atoms with van der Waals surface area (Å²) in [6.07, 6.45) is 3.59. The van der Waals surface area contributed by atoms with Crippen LogP contribution in [0.4, 0.5) is 9.93 Å². The fourth-order valence-electron chi connectivity index (χ4n) is 2.34. The van der Waals surface area contributed by atoms with Gasteiger partial charge in [0.1, 0.15) is 5.01 Å². The summed E-state index contributed by atoms with van der Waals surface area (Å²) in [7, 11) is 0. The molecule has 0 radical (unpaired) electrons. The van der Waals surface area contributed by atoms with Crippen LogP contribution in [0, 0.1) is 6.92 Å². The summed E-state index contributed by atoms with van der Waals surface area (Å²) in [4.78, 5) is 14.2. The first-order chi connectivity index (χ1) is 9.19. The highest BCUT2D eigenvalue weighted by atomic mass is 32.1. The van der Waals surface area contributed by atoms with Crippen molar-refractivity contribution < 1.29 is 4.79 Å². The lowest BCUT2D eigenvalue weighted by molar-refractivity contribution is 0.222. The van der Waals surface area contributed by atoms with Crippen LogP contribution >= 0.6 is 11.3 Å². The van der Waals surface area contributed by atoms with Crippen LogP contribution in [0.1, 0.15) is 31.2 Å². The van der Waals surface area contributed by atoms with Gasteiger partial charge in [-0.2, -0.15) is 0 Å². The van der Waals surface area contributed by atoms with E-state index in [4.69, 9.17) is 0 Å². The zero-order chi connectivity index (χ0) is 13.7. The molecule has 106 valence electrons. The molecule has 0 aromatic carbocycles. The zero-order valence-electron chi connectivity index (χ0n) is 11.5. The Balaban J connectivity index is 1.75. The van der Waals surface area contributed by atoms with Crippen LogP contribution in [0.3, 0.4) is 0 Å². The number of aryl methyl sites for hydroxylation is 1. The summed E-state index contributed by atoms with van der Waals surface area (Å²) in [5.41, 5.74) is 0. The highest BCUT2D eigenvalue weighted by Gasteiger charge is 2.20. The van der Waals surface area contributed by atoms with Gasteiger partial charge in [0.15, 0.2) is 0 Å². The maximum absolute atomic E-state index is 11.8. The van der Waals surface area contributed by atoms with E-state index in [1.165, 1.54) is 24.2 Å². The van der Waals surface area contributed by atoms with Gasteiger partial charge in [-0.15, -0.1) is 10.2 Å². The first-order valence-electron chi connectivity index (χ1n) is 6.78. The van der Waals surface area contributed by atoms with E-state index in [9.17, 15) is 4.79 Å². The predicted octanol–water partition coefficient (Wildman–Crippen LogP) is 1.84. The molecule has 0 bridgehead atoms. The van der Waals surface area contributed by atoms with E-state index in [2.05, 4.69) is 32.7 Å². The van der Waals surface area contributed by atoms with Gasteiger partial charge in [-0.3, -0.25) is 10.2 Å². The SMILES string of the molecule is CC[C@H](CNC(=O)Nc1nnc(C)s1)N1CCCC1. The van der Waals surface area contributed by atoms with Crippen LogP contribution in [-0.4, -0.2) is 46.8 Å². The number of carbonyl (C=O) groups is 1. The van der Waals surface area contributed by atoms with Gasteiger partial charge in [0.2, 0.25) is 5.13 Å². The average Bonchev–Trinajstić information content (AvgIpc) is 3.02. The molecule has 1 aromatic rings. The molecule has 0 unspecified atom stereocenters. The summed E-state index contributed by atoms with van der Waals surface area (Å²) in [6.45, 7) is 7.01. The topological polar surface area (TPSA) is 70.1 Å². The predicted molar refractivity (Wildman–Crippen MR) is 76.6 cm³/mol. The van der Waals surface area contributed by atoms with Gasteiger partial charge >= 0.3 is 6.03 Å². The van der Waals surface area contributed by atoms with Gasteiger partial charge < -0.3 is 5.32 Å². The van der Waals surface area contributed by atoms with Crippen LogP contribution in [0.15, 0.2) is 0 Å². The van der Waals surface area contributed by atoms with Gasteiger partial charge in [0, 0.05) is 12.6 Å². The lowest BCUT2D eigenvalue weighted by Gasteiger charge is -2.26. The maximum Gasteiger partial charge on any atom is 0.321 e. The number of carbonyl (C=O) groups excluding carboxylic acids is 1. The number of anilines is 1. The van der Waals surface area contributed by atoms with Gasteiger partial charge in [-0.05, 0) is 39.3 Å². The van der Waals surface area contributed by atoms with Crippen molar-refractivity contribution in [3.05, 3.63) is 5.01 Å². The van der Waals surface area contributed by atoms with Gasteiger partial charge in [-0.25, -0.2) is 4.79 Å². The molecular weight excluding hydrogens is 262 g/mol. The van der Waals surface area contributed by atoms with E-state index >= 15 is 0 Å². The fraction of sp³-hybridized carbons (Fsp3) is 0.750. The lowest BCUT2D eigenvalue weighted by atomic mass is 10.2. The molecule has 1 atom stereocenters. The highest BCUT2D eigenvalue weighted by molar-refractivity contribution is 7.15. The number of amides is 2. The molecule has 2 N–H and O–H groups in total. The van der Waals surface area contributed by atoms with E-state index in [0.29, 0.717) is 17.7 Å². The molecule has 2 amide bonds. The monoisotopic (exact) mass is 283 g/mol. The van der Waals surface area contributed by atoms with Crippen molar-refractivity contribution in [2.45, 2.75) is 39.2 Å². The quantitative estimate of drug-likeness (QED) is 0.865. The van der Waals surface area contributed by atoms with Crippen LogP contribution in [0.25, 0.3) is 0 Å². The van der Waals surface area contributed by atoms with Crippen LogP contribution in [0.2, 0.25) is 0 Å². The fourth-order valence-corrected chi connectivity index (χ4v) is 2.92. The first-order valence-corrected chi connectivity index (χ1v) is 7.59. The Morgan fingerprint density at radius 3 is 2.74 bits per heavy atom. The van der Waals surface area contributed by atoms with Crippen molar-refractivity contribution in [1.82, 2.24) is 20.4 Å². The molecule has 1 saturated heterocycles. The van der Waals surface area contributed by atoms with Crippen molar-refractivity contribution in [2.75, 3.05) is 25.0 Å². The minimum Gasteiger partial charge on any atom is -0.336 e. The minimum absolute atomic E-state index is 0.200. The Kier molecular flexibility index (Phi) is 5.09. The molecule has 1 aliphatic heterocycles. The average molecular weight is 283 g/mol. The van der Waals surface area contributed by atoms with Crippen molar-refractivity contribution >= 4 is 22.5 Å². The molecule has 1 fully saturated rings. The first kappa shape index (κ1) is 14.2. The number of aromatic nitrogens is 2. The van der Waals surface area contributed by atoms with Crippen molar-refractivity contribution in [2.24, 2.45) is 0 Å². The number of likely N-dealkylation sites (tertiary alicyclic amines) is 1. The normalized spacial score (nSPS) is 17.4. The van der Waals surface area contributed by atoms with Crippen molar-refractivity contribution in [3.8, 4) is 0 Å². The molecule has 0 spiro atoms. The summed E-state index contributed by atoms with van der Waals surface area (Å²) in [5, 5.41) is 14.7. The van der Waals surface area contributed by atoms with Crippen LogP contribution < -0.4 is 10.6 Å². The Morgan fingerprint density at radius 2 is 2.16 bits per heavy atom. The molecule has 2 rings (SSSR count). The Bertz CT molecular complexity index is 416. The van der Waals surface area contributed by atoms with Crippen LogP contribution in [-0.2, 0) is 0 Å². The van der Waals surface area contributed by atoms with E-state index in [1.54, 1.807) is 0 Å². The summed E-state index contributed by atoms with van der Waals surface area (Å²) < 4.78 is 0. The number of nitrogens with one attached hydrogen (secondary N) is 2. The van der Waals surface area contributed by atoms with E-state index < -0.39 is 0 Å². The summed E-state index contributed by atoms with van der Waals surface area (Å²) in [5.74, 6) is 0. The number of urea groups is 1. The maximum atomic E-state index is 11.8. The number of hydrogen-bond acceptors (Lipinski definition) is 5. The Hall–Kier alpha value is -1.21. The van der Waals surface area contributed by atoms with E-state index in [-0.39, 0.29) is 6.03 Å². The van der Waals surface area contributed by atoms with Crippen molar-refractivity contribution in [3.63, 3.8) is 0 Å². The van der Waals surface area contributed by atoms with E-state index in [0.717, 1.165) is 24.5 Å². The minimum atomic E-state index is -0.200. The Labute approximate surface area is 117 Å². The van der Waals surface area contributed by atoms with Gasteiger partial charge in [0.25, 0.3) is 0 Å². The van der Waals surface area contributed by atoms with Gasteiger partial charge in [0.05, 0.1) is 0 Å². The zero-order valence-corrected chi connectivity index (χ0v) is 12.3. The lowest BCUT2D eigenvalue weighted by Crippen LogP contribution is -2.43. The number of rotatable bonds is 5. The third-order valence-corrected chi connectivity index (χ3v) is 4.13. The molecular formula is C12H21N5OS. The molecule has 1 aromatic heterocycles. The third kappa shape index (κ3) is 4.14. The molecule has 7 heteroatoms. The standard InChI is InChI=1S/C12H21N5OS/c1-3-10(17-6-4-5-7-17)8-13-11(18)14-12-16-15-9(2)19-12/h10H,3-8H2,1-2H3,(H2,13,14,16,18)/t10-/m1/s1. The molecule has 0 aliphatic carbocycles. The molecule has 0 saturated carbocycles. The second kappa shape index (κ2) is 6.81. The second-order valence-electron chi connectivity index (χ2n) is 4.77. The molecule has 6 nitrogen and oxygen atoms in total. The number of nitrogens with zero attached hydrogens (tertiary/aromatic N) is 3. The Morgan fingerprint density at radius 1 is 1.42 bits per heavy atom. The smallest absolute Gasteiger partial charge is 0.321 e. The molecule has 2 heterocycles. The number of hydrogen-bond donors (Lipinski definition) is 2. The molecule has 1 aliphatic rings. The largest absolute Gasteiger partial charge is 0.336 e. The highest BCUT2D eigenvalue weighted by Crippen LogP contribution is 2.14. The van der Waals surface area contributed by atoms with Crippen LogP contribution in [0.5, 0.6) is 0 Å². The summed E-state index contributed by atoms with van der Waals surface area (Å²) in [6, 6.07) is 0.234. The van der Waals surface area contributed by atoms with Gasteiger partial charge in [-0.1, -0.05) is 18.3 Å². The van der Waals surface area contributed by atoms with E-state index in [1.807, 2.05) is 6.92 Å². The molecule has 19 heavy (non-hydrogen) atoms.